The third kappa shape index (κ3) is 4.16. The lowest BCUT2D eigenvalue weighted by Crippen LogP contribution is -2.33. The second kappa shape index (κ2) is 8.99. The lowest BCUT2D eigenvalue weighted by atomic mass is 9.93. The van der Waals surface area contributed by atoms with E-state index < -0.39 is 0 Å². The Balaban J connectivity index is 1.23. The molecule has 1 atom stereocenters. The molecule has 0 aliphatic heterocycles. The highest BCUT2D eigenvalue weighted by atomic mass is 35.5. The number of hydrogen-bond donors (Lipinski definition) is 1. The topological polar surface area (TPSA) is 46.9 Å². The van der Waals surface area contributed by atoms with Crippen LogP contribution >= 0.6 is 22.9 Å². The number of aryl methyl sites for hydroxylation is 1. The van der Waals surface area contributed by atoms with Crippen molar-refractivity contribution >= 4 is 43.9 Å². The van der Waals surface area contributed by atoms with Gasteiger partial charge in [0, 0.05) is 22.5 Å². The first-order chi connectivity index (χ1) is 16.6. The first kappa shape index (κ1) is 21.5. The summed E-state index contributed by atoms with van der Waals surface area (Å²) in [4.78, 5) is 20.3. The number of nitrogens with zero attached hydrogens (tertiary/aromatic N) is 2. The van der Waals surface area contributed by atoms with Gasteiger partial charge in [0.1, 0.15) is 4.83 Å². The molecule has 1 N–H and O–H groups in total. The van der Waals surface area contributed by atoms with Crippen LogP contribution in [0.4, 0.5) is 0 Å². The van der Waals surface area contributed by atoms with Crippen molar-refractivity contribution in [3.63, 3.8) is 0 Å². The average molecular weight is 486 g/mol. The summed E-state index contributed by atoms with van der Waals surface area (Å²) in [5.41, 5.74) is 3.61. The number of nitrogens with one attached hydrogen (secondary N) is 1. The van der Waals surface area contributed by atoms with Crippen molar-refractivity contribution in [2.24, 2.45) is 0 Å². The Kier molecular flexibility index (Phi) is 5.69. The zero-order valence-corrected chi connectivity index (χ0v) is 20.2. The molecule has 2 heterocycles. The number of aromatic nitrogens is 2. The van der Waals surface area contributed by atoms with Crippen LogP contribution in [-0.4, -0.2) is 15.6 Å². The van der Waals surface area contributed by atoms with Gasteiger partial charge < -0.3 is 5.32 Å². The van der Waals surface area contributed by atoms with E-state index in [1.165, 1.54) is 26.8 Å². The van der Waals surface area contributed by atoms with Gasteiger partial charge in [-0.3, -0.25) is 9.36 Å². The molecule has 0 spiro atoms. The van der Waals surface area contributed by atoms with Crippen LogP contribution in [0.3, 0.4) is 0 Å². The van der Waals surface area contributed by atoms with Crippen LogP contribution in [0.15, 0.2) is 77.9 Å². The zero-order chi connectivity index (χ0) is 23.1. The van der Waals surface area contributed by atoms with Crippen molar-refractivity contribution in [3.05, 3.63) is 110 Å². The predicted molar refractivity (Wildman–Crippen MR) is 141 cm³/mol. The maximum atomic E-state index is 13.5. The molecule has 0 radical (unpaired) electrons. The van der Waals surface area contributed by atoms with Crippen LogP contribution < -0.4 is 10.9 Å². The molecule has 1 unspecified atom stereocenters. The van der Waals surface area contributed by atoms with Crippen molar-refractivity contribution in [2.45, 2.75) is 38.4 Å². The van der Waals surface area contributed by atoms with Crippen LogP contribution in [0.2, 0.25) is 5.02 Å². The molecule has 6 heteroatoms. The first-order valence-electron chi connectivity index (χ1n) is 11.6. The summed E-state index contributed by atoms with van der Waals surface area (Å²) in [6.07, 6.45) is 4.57. The van der Waals surface area contributed by atoms with E-state index in [1.54, 1.807) is 22.2 Å². The third-order valence-electron chi connectivity index (χ3n) is 6.71. The molecule has 0 bridgehead atoms. The molecule has 5 aromatic rings. The van der Waals surface area contributed by atoms with Crippen LogP contribution in [0.1, 0.15) is 28.0 Å². The first-order valence-corrected chi connectivity index (χ1v) is 12.8. The summed E-state index contributed by atoms with van der Waals surface area (Å²) in [5, 5.41) is 7.65. The molecule has 170 valence electrons. The van der Waals surface area contributed by atoms with Crippen molar-refractivity contribution < 1.29 is 0 Å². The van der Waals surface area contributed by atoms with E-state index in [-0.39, 0.29) is 5.56 Å². The quantitative estimate of drug-likeness (QED) is 0.334. The summed E-state index contributed by atoms with van der Waals surface area (Å²) in [6, 6.07) is 23.0. The smallest absolute Gasteiger partial charge is 0.262 e. The molecule has 0 fully saturated rings. The van der Waals surface area contributed by atoms with E-state index in [9.17, 15) is 4.79 Å². The lowest BCUT2D eigenvalue weighted by Gasteiger charge is -2.23. The third-order valence-corrected chi connectivity index (χ3v) is 8.13. The fourth-order valence-corrected chi connectivity index (χ4v) is 6.27. The summed E-state index contributed by atoms with van der Waals surface area (Å²) < 4.78 is 1.75. The summed E-state index contributed by atoms with van der Waals surface area (Å²) in [7, 11) is 0. The van der Waals surface area contributed by atoms with Gasteiger partial charge in [-0.1, -0.05) is 60.1 Å². The lowest BCUT2D eigenvalue weighted by molar-refractivity contribution is 0.463. The van der Waals surface area contributed by atoms with Crippen molar-refractivity contribution in [1.82, 2.24) is 14.9 Å². The van der Waals surface area contributed by atoms with Gasteiger partial charge in [0.05, 0.1) is 18.3 Å². The Morgan fingerprint density at radius 1 is 1.03 bits per heavy atom. The number of benzene rings is 3. The highest BCUT2D eigenvalue weighted by Crippen LogP contribution is 2.34. The molecule has 2 aromatic heterocycles. The van der Waals surface area contributed by atoms with Gasteiger partial charge in [-0.05, 0) is 64.9 Å². The molecule has 4 nitrogen and oxygen atoms in total. The number of thiophene rings is 1. The van der Waals surface area contributed by atoms with E-state index in [1.807, 2.05) is 24.3 Å². The highest BCUT2D eigenvalue weighted by molar-refractivity contribution is 7.18. The molecular weight excluding hydrogens is 462 g/mol. The molecule has 3 aromatic carbocycles. The molecule has 1 aliphatic carbocycles. The van der Waals surface area contributed by atoms with Gasteiger partial charge in [0.2, 0.25) is 0 Å². The summed E-state index contributed by atoms with van der Waals surface area (Å²) >= 11 is 7.67. The Hall–Kier alpha value is -2.99. The van der Waals surface area contributed by atoms with Crippen molar-refractivity contribution in [3.8, 4) is 0 Å². The highest BCUT2D eigenvalue weighted by Gasteiger charge is 2.25. The van der Waals surface area contributed by atoms with Gasteiger partial charge in [-0.2, -0.15) is 0 Å². The van der Waals surface area contributed by atoms with E-state index in [0.29, 0.717) is 12.6 Å². The predicted octanol–water partition coefficient (Wildman–Crippen LogP) is 5.96. The maximum absolute atomic E-state index is 13.5. The van der Waals surface area contributed by atoms with E-state index in [4.69, 9.17) is 11.6 Å². The monoisotopic (exact) mass is 485 g/mol. The van der Waals surface area contributed by atoms with E-state index in [0.717, 1.165) is 46.6 Å². The zero-order valence-electron chi connectivity index (χ0n) is 18.6. The van der Waals surface area contributed by atoms with Crippen LogP contribution in [0.5, 0.6) is 0 Å². The number of halogens is 1. The molecular formula is C28H24ClN3OS. The molecule has 0 amide bonds. The summed E-state index contributed by atoms with van der Waals surface area (Å²) in [5.74, 6) is 0. The number of rotatable bonds is 5. The SMILES string of the molecule is O=c1c2c3c(sc2ncn1Cc1ccc2ccccc2c1)CC(NCc1ccc(Cl)cc1)CC3. The molecule has 34 heavy (non-hydrogen) atoms. The Morgan fingerprint density at radius 3 is 2.68 bits per heavy atom. The van der Waals surface area contributed by atoms with Gasteiger partial charge >= 0.3 is 0 Å². The largest absolute Gasteiger partial charge is 0.310 e. The number of hydrogen-bond acceptors (Lipinski definition) is 4. The van der Waals surface area contributed by atoms with Gasteiger partial charge in [-0.15, -0.1) is 11.3 Å². The molecule has 6 rings (SSSR count). The molecule has 0 saturated heterocycles. The average Bonchev–Trinajstić information content (AvgIpc) is 3.24. The minimum absolute atomic E-state index is 0.0724. The standard InChI is InChI=1S/C28H24ClN3OS/c29-22-9-6-18(7-10-22)15-30-23-11-12-24-25(14-23)34-27-26(24)28(33)32(17-31-27)16-19-5-8-20-3-1-2-4-21(20)13-19/h1-10,13,17,23,30H,11-12,14-16H2. The Morgan fingerprint density at radius 2 is 1.82 bits per heavy atom. The van der Waals surface area contributed by atoms with Crippen LogP contribution in [-0.2, 0) is 25.9 Å². The Labute approximate surface area is 206 Å². The van der Waals surface area contributed by atoms with Gasteiger partial charge in [0.25, 0.3) is 5.56 Å². The van der Waals surface area contributed by atoms with Crippen molar-refractivity contribution in [1.29, 1.82) is 0 Å². The van der Waals surface area contributed by atoms with Gasteiger partial charge in [0.15, 0.2) is 0 Å². The molecule has 1 aliphatic rings. The Bertz CT molecular complexity index is 1550. The van der Waals surface area contributed by atoms with Crippen molar-refractivity contribution in [2.75, 3.05) is 0 Å². The second-order valence-electron chi connectivity index (χ2n) is 8.99. The van der Waals surface area contributed by atoms with Crippen LogP contribution in [0.25, 0.3) is 21.0 Å². The normalized spacial score (nSPS) is 15.6. The number of fused-ring (bicyclic) bond motifs is 4. The fraction of sp³-hybridized carbons (Fsp3) is 0.214. The van der Waals surface area contributed by atoms with E-state index >= 15 is 0 Å². The van der Waals surface area contributed by atoms with Crippen LogP contribution in [0, 0.1) is 0 Å². The summed E-state index contributed by atoms with van der Waals surface area (Å²) in [6.45, 7) is 1.35. The molecule has 0 saturated carbocycles. The van der Waals surface area contributed by atoms with Gasteiger partial charge in [-0.25, -0.2) is 4.98 Å². The second-order valence-corrected chi connectivity index (χ2v) is 10.5. The minimum Gasteiger partial charge on any atom is -0.310 e. The fourth-order valence-electron chi connectivity index (χ4n) is 4.89. The maximum Gasteiger partial charge on any atom is 0.262 e. The minimum atomic E-state index is 0.0724. The van der Waals surface area contributed by atoms with E-state index in [2.05, 4.69) is 52.8 Å².